The fourth-order valence-electron chi connectivity index (χ4n) is 6.62. The molecule has 0 fully saturated rings. The summed E-state index contributed by atoms with van der Waals surface area (Å²) in [5.41, 5.74) is 6.28. The van der Waals surface area contributed by atoms with Crippen LogP contribution in [0.25, 0.3) is 6.08 Å². The lowest BCUT2D eigenvalue weighted by molar-refractivity contribution is -0.129. The van der Waals surface area contributed by atoms with E-state index in [1.165, 1.54) is 6.08 Å². The van der Waals surface area contributed by atoms with Gasteiger partial charge in [-0.25, -0.2) is 14.4 Å². The molecule has 0 radical (unpaired) electrons. The Bertz CT molecular complexity index is 1960. The highest BCUT2D eigenvalue weighted by atomic mass is 16.5. The van der Waals surface area contributed by atoms with Gasteiger partial charge in [0.15, 0.2) is 0 Å². The van der Waals surface area contributed by atoms with Gasteiger partial charge in [-0.2, -0.15) is 0 Å². The Morgan fingerprint density at radius 3 is 1.89 bits per heavy atom. The van der Waals surface area contributed by atoms with Gasteiger partial charge in [-0.15, -0.1) is 0 Å². The van der Waals surface area contributed by atoms with E-state index < -0.39 is 23.3 Å². The summed E-state index contributed by atoms with van der Waals surface area (Å²) in [5, 5.41) is 0. The van der Waals surface area contributed by atoms with Crippen LogP contribution in [0.5, 0.6) is 17.2 Å². The molecule has 0 amide bonds. The van der Waals surface area contributed by atoms with Crippen molar-refractivity contribution in [3.8, 4) is 17.2 Å². The van der Waals surface area contributed by atoms with Gasteiger partial charge in [0.25, 0.3) is 0 Å². The van der Waals surface area contributed by atoms with Crippen molar-refractivity contribution >= 4 is 24.0 Å². The second-order valence-corrected chi connectivity index (χ2v) is 11.6. The quantitative estimate of drug-likeness (QED) is 0.105. The van der Waals surface area contributed by atoms with Crippen molar-refractivity contribution in [2.45, 2.75) is 38.0 Å². The molecule has 0 unspecified atom stereocenters. The first-order valence-electron chi connectivity index (χ1n) is 15.2. The number of esters is 3. The standard InChI is InChI=1S/C39H30O7/c1-25-8-11-29(12-9-25)37(41)44-31-15-13-30(14-16-31)38(42)46-33-7-3-5-28-19-22-39(36(28)33)21-18-27-4-2-6-32(35(27)39)45-34(40)17-10-26-20-23-43-24-26/h2-17,20,23-24H,18-19,21-22H2,1H3/b17-10+/t39-/m1/s1. The summed E-state index contributed by atoms with van der Waals surface area (Å²) < 4.78 is 22.5. The number of aryl methyl sites for hydroxylation is 3. The first-order valence-corrected chi connectivity index (χ1v) is 15.2. The fraction of sp³-hybridized carbons (Fsp3) is 0.154. The third-order valence-corrected chi connectivity index (χ3v) is 8.78. The minimum absolute atomic E-state index is 0.325. The van der Waals surface area contributed by atoms with Crippen molar-refractivity contribution in [3.63, 3.8) is 0 Å². The Hall–Kier alpha value is -5.69. The van der Waals surface area contributed by atoms with E-state index in [1.807, 2.05) is 43.3 Å². The lowest BCUT2D eigenvalue weighted by Gasteiger charge is -2.29. The zero-order valence-corrected chi connectivity index (χ0v) is 25.2. The summed E-state index contributed by atoms with van der Waals surface area (Å²) in [6.07, 6.45) is 9.37. The van der Waals surface area contributed by atoms with Crippen LogP contribution < -0.4 is 14.2 Å². The van der Waals surface area contributed by atoms with E-state index >= 15 is 0 Å². The molecule has 7 rings (SSSR count). The predicted molar refractivity (Wildman–Crippen MR) is 171 cm³/mol. The molecular weight excluding hydrogens is 580 g/mol. The molecule has 0 saturated carbocycles. The number of benzene rings is 4. The molecule has 0 bridgehead atoms. The molecule has 1 atom stereocenters. The van der Waals surface area contributed by atoms with Crippen LogP contribution in [-0.2, 0) is 23.1 Å². The zero-order valence-electron chi connectivity index (χ0n) is 25.2. The molecule has 0 aliphatic heterocycles. The van der Waals surface area contributed by atoms with Gasteiger partial charge in [-0.3, -0.25) is 0 Å². The minimum Gasteiger partial charge on any atom is -0.472 e. The number of ether oxygens (including phenoxy) is 3. The van der Waals surface area contributed by atoms with Gasteiger partial charge < -0.3 is 18.6 Å². The summed E-state index contributed by atoms with van der Waals surface area (Å²) in [5.74, 6) is -0.149. The van der Waals surface area contributed by atoms with Crippen LogP contribution in [0.1, 0.15) is 66.9 Å². The Morgan fingerprint density at radius 2 is 1.28 bits per heavy atom. The first-order chi connectivity index (χ1) is 22.4. The van der Waals surface area contributed by atoms with Crippen molar-refractivity contribution in [1.29, 1.82) is 0 Å². The lowest BCUT2D eigenvalue weighted by Crippen LogP contribution is -2.24. The molecule has 2 aliphatic rings. The molecule has 1 spiro atoms. The molecule has 1 aromatic heterocycles. The lowest BCUT2D eigenvalue weighted by atomic mass is 9.76. The topological polar surface area (TPSA) is 92.0 Å². The van der Waals surface area contributed by atoms with Gasteiger partial charge in [0.2, 0.25) is 0 Å². The van der Waals surface area contributed by atoms with Gasteiger partial charge in [0, 0.05) is 28.2 Å². The minimum atomic E-state index is -0.519. The van der Waals surface area contributed by atoms with Crippen LogP contribution in [0.4, 0.5) is 0 Å². The summed E-state index contributed by atoms with van der Waals surface area (Å²) in [6, 6.07) is 26.8. The molecule has 228 valence electrons. The highest BCUT2D eigenvalue weighted by Crippen LogP contribution is 2.57. The van der Waals surface area contributed by atoms with Crippen LogP contribution in [-0.4, -0.2) is 17.9 Å². The normalized spacial score (nSPS) is 16.3. The van der Waals surface area contributed by atoms with Crippen molar-refractivity contribution in [2.24, 2.45) is 0 Å². The van der Waals surface area contributed by atoms with E-state index in [2.05, 4.69) is 12.1 Å². The van der Waals surface area contributed by atoms with Crippen LogP contribution in [0.15, 0.2) is 114 Å². The molecule has 7 heteroatoms. The number of carbonyl (C=O) groups excluding carboxylic acids is 3. The Morgan fingerprint density at radius 1 is 0.696 bits per heavy atom. The molecule has 0 saturated heterocycles. The first kappa shape index (κ1) is 29.0. The average Bonchev–Trinajstić information content (AvgIpc) is 3.82. The fourth-order valence-corrected chi connectivity index (χ4v) is 6.62. The molecule has 7 nitrogen and oxygen atoms in total. The maximum absolute atomic E-state index is 13.4. The van der Waals surface area contributed by atoms with Crippen molar-refractivity contribution < 1.29 is 33.0 Å². The number of fused-ring (bicyclic) bond motifs is 4. The van der Waals surface area contributed by atoms with Crippen molar-refractivity contribution in [2.75, 3.05) is 0 Å². The van der Waals surface area contributed by atoms with E-state index in [-0.39, 0.29) is 0 Å². The number of furan rings is 1. The van der Waals surface area contributed by atoms with Crippen LogP contribution in [0.2, 0.25) is 0 Å². The highest BCUT2D eigenvalue weighted by molar-refractivity contribution is 5.93. The van der Waals surface area contributed by atoms with E-state index in [0.717, 1.165) is 59.1 Å². The third-order valence-electron chi connectivity index (χ3n) is 8.78. The van der Waals surface area contributed by atoms with Crippen LogP contribution in [0.3, 0.4) is 0 Å². The van der Waals surface area contributed by atoms with Crippen LogP contribution in [0, 0.1) is 6.92 Å². The molecule has 0 N–H and O–H groups in total. The Balaban J connectivity index is 1.12. The van der Waals surface area contributed by atoms with E-state index in [9.17, 15) is 14.4 Å². The van der Waals surface area contributed by atoms with Crippen molar-refractivity contribution in [3.05, 3.63) is 154 Å². The van der Waals surface area contributed by atoms with Gasteiger partial charge >= 0.3 is 17.9 Å². The second-order valence-electron chi connectivity index (χ2n) is 11.6. The van der Waals surface area contributed by atoms with Gasteiger partial charge in [-0.05, 0) is 104 Å². The maximum Gasteiger partial charge on any atom is 0.343 e. The Labute approximate surface area is 266 Å². The molecule has 5 aromatic rings. The van der Waals surface area contributed by atoms with E-state index in [0.29, 0.717) is 28.4 Å². The molecular formula is C39H30O7. The predicted octanol–water partition coefficient (Wildman–Crippen LogP) is 7.82. The monoisotopic (exact) mass is 610 g/mol. The van der Waals surface area contributed by atoms with Crippen molar-refractivity contribution in [1.82, 2.24) is 0 Å². The summed E-state index contributed by atoms with van der Waals surface area (Å²) >= 11 is 0. The third kappa shape index (κ3) is 5.52. The van der Waals surface area contributed by atoms with E-state index in [1.54, 1.807) is 61.1 Å². The Kier molecular flexibility index (Phi) is 7.58. The smallest absolute Gasteiger partial charge is 0.343 e. The van der Waals surface area contributed by atoms with Gasteiger partial charge in [-0.1, -0.05) is 42.0 Å². The number of hydrogen-bond acceptors (Lipinski definition) is 7. The van der Waals surface area contributed by atoms with E-state index in [4.69, 9.17) is 18.6 Å². The molecule has 2 aliphatic carbocycles. The highest BCUT2D eigenvalue weighted by Gasteiger charge is 2.48. The number of carbonyl (C=O) groups is 3. The molecule has 46 heavy (non-hydrogen) atoms. The SMILES string of the molecule is Cc1ccc(C(=O)Oc2ccc(C(=O)Oc3cccc4c3[C@]3(CCc5cccc(OC(=O)/C=C/c6ccoc6)c53)CC4)cc2)cc1. The van der Waals surface area contributed by atoms with Gasteiger partial charge in [0.1, 0.15) is 17.2 Å². The molecule has 1 heterocycles. The average molecular weight is 611 g/mol. The summed E-state index contributed by atoms with van der Waals surface area (Å²) in [4.78, 5) is 38.8. The molecule has 4 aromatic carbocycles. The van der Waals surface area contributed by atoms with Gasteiger partial charge in [0.05, 0.1) is 23.7 Å². The second kappa shape index (κ2) is 12.0. The van der Waals surface area contributed by atoms with Crippen LogP contribution >= 0.6 is 0 Å². The maximum atomic E-state index is 13.4. The number of hydrogen-bond donors (Lipinski definition) is 0. The summed E-state index contributed by atoms with van der Waals surface area (Å²) in [6.45, 7) is 1.95. The zero-order chi connectivity index (χ0) is 31.7. The number of rotatable bonds is 7. The largest absolute Gasteiger partial charge is 0.472 e. The summed E-state index contributed by atoms with van der Waals surface area (Å²) in [7, 11) is 0.